The van der Waals surface area contributed by atoms with Gasteiger partial charge in [0.2, 0.25) is 5.82 Å². The van der Waals surface area contributed by atoms with Crippen molar-refractivity contribution in [3.63, 3.8) is 0 Å². The highest BCUT2D eigenvalue weighted by atomic mass is 35.5. The Morgan fingerprint density at radius 3 is 2.57 bits per heavy atom. The maximum absolute atomic E-state index is 11.3. The number of anilines is 3. The van der Waals surface area contributed by atoms with Gasteiger partial charge in [0.1, 0.15) is 5.82 Å². The third kappa shape index (κ3) is 5.09. The van der Waals surface area contributed by atoms with Crippen LogP contribution in [0.5, 0.6) is 0 Å². The molecule has 0 unspecified atom stereocenters. The van der Waals surface area contributed by atoms with Gasteiger partial charge in [-0.3, -0.25) is 15.0 Å². The van der Waals surface area contributed by atoms with E-state index >= 15 is 0 Å². The largest absolute Gasteiger partial charge is 0.379 e. The van der Waals surface area contributed by atoms with Crippen molar-refractivity contribution >= 4 is 34.6 Å². The van der Waals surface area contributed by atoms with Crippen molar-refractivity contribution in [1.82, 2.24) is 9.88 Å². The molecule has 1 aromatic carbocycles. The van der Waals surface area contributed by atoms with Crippen LogP contribution in [0.1, 0.15) is 11.1 Å². The summed E-state index contributed by atoms with van der Waals surface area (Å²) in [6.07, 6.45) is 0. The minimum absolute atomic E-state index is 0.0454. The van der Waals surface area contributed by atoms with Crippen LogP contribution in [0.25, 0.3) is 0 Å². The molecule has 1 fully saturated rings. The normalized spacial score (nSPS) is 14.7. The number of nitrogens with zero attached hydrogens (tertiary/aromatic N) is 3. The van der Waals surface area contributed by atoms with Crippen molar-refractivity contribution in [2.24, 2.45) is 0 Å². The molecule has 2 aromatic rings. The summed E-state index contributed by atoms with van der Waals surface area (Å²) >= 11 is 6.21. The Balaban J connectivity index is 1.72. The number of morpholine rings is 1. The Bertz CT molecular complexity index is 832. The molecule has 0 saturated carbocycles. The molecule has 0 atom stereocenters. The third-order valence-electron chi connectivity index (χ3n) is 4.60. The van der Waals surface area contributed by atoms with Gasteiger partial charge in [-0.15, -0.1) is 0 Å². The molecule has 0 radical (unpaired) electrons. The second-order valence-corrected chi connectivity index (χ2v) is 7.13. The molecule has 0 aliphatic carbocycles. The van der Waals surface area contributed by atoms with Crippen LogP contribution in [-0.2, 0) is 4.74 Å². The van der Waals surface area contributed by atoms with E-state index in [1.54, 1.807) is 6.07 Å². The van der Waals surface area contributed by atoms with Crippen LogP contribution in [0.4, 0.5) is 23.0 Å². The number of nitro groups is 1. The van der Waals surface area contributed by atoms with Gasteiger partial charge in [0.05, 0.1) is 18.1 Å². The molecule has 0 amide bonds. The first kappa shape index (κ1) is 20.3. The van der Waals surface area contributed by atoms with Crippen molar-refractivity contribution in [2.45, 2.75) is 13.8 Å². The summed E-state index contributed by atoms with van der Waals surface area (Å²) in [5.41, 5.74) is 2.70. The highest BCUT2D eigenvalue weighted by molar-refractivity contribution is 6.32. The fraction of sp³-hybridized carbons (Fsp3) is 0.421. The SMILES string of the molecule is Cc1cc(Nc2ccc([N+](=O)[O-])c(NCCN3CCOCC3)n2)cc(C)c1Cl. The van der Waals surface area contributed by atoms with E-state index < -0.39 is 4.92 Å². The molecule has 8 nitrogen and oxygen atoms in total. The number of aryl methyl sites for hydroxylation is 2. The predicted octanol–water partition coefficient (Wildman–Crippen LogP) is 3.75. The molecule has 150 valence electrons. The molecule has 2 N–H and O–H groups in total. The summed E-state index contributed by atoms with van der Waals surface area (Å²) in [5.74, 6) is 0.784. The number of halogens is 1. The Labute approximate surface area is 169 Å². The van der Waals surface area contributed by atoms with Gasteiger partial charge in [0.25, 0.3) is 0 Å². The standard InChI is InChI=1S/C19H24ClN5O3/c1-13-11-15(12-14(2)18(13)20)22-17-4-3-16(25(26)27)19(23-17)21-5-6-24-7-9-28-10-8-24/h3-4,11-12H,5-10H2,1-2H3,(H2,21,22,23). The van der Waals surface area contributed by atoms with Gasteiger partial charge in [-0.25, -0.2) is 4.98 Å². The zero-order chi connectivity index (χ0) is 20.1. The average Bonchev–Trinajstić information content (AvgIpc) is 2.67. The fourth-order valence-corrected chi connectivity index (χ4v) is 3.23. The Morgan fingerprint density at radius 2 is 1.93 bits per heavy atom. The monoisotopic (exact) mass is 405 g/mol. The average molecular weight is 406 g/mol. The first-order chi connectivity index (χ1) is 13.4. The predicted molar refractivity (Wildman–Crippen MR) is 111 cm³/mol. The number of nitrogens with one attached hydrogen (secondary N) is 2. The van der Waals surface area contributed by atoms with Crippen LogP contribution < -0.4 is 10.6 Å². The number of pyridine rings is 1. The zero-order valence-corrected chi connectivity index (χ0v) is 16.8. The lowest BCUT2D eigenvalue weighted by Gasteiger charge is -2.26. The quantitative estimate of drug-likeness (QED) is 0.535. The van der Waals surface area contributed by atoms with Crippen molar-refractivity contribution < 1.29 is 9.66 Å². The number of rotatable bonds is 7. The molecule has 2 heterocycles. The highest BCUT2D eigenvalue weighted by Crippen LogP contribution is 2.28. The van der Waals surface area contributed by atoms with Gasteiger partial charge >= 0.3 is 5.69 Å². The Hall–Kier alpha value is -2.42. The number of benzene rings is 1. The lowest BCUT2D eigenvalue weighted by Crippen LogP contribution is -2.39. The molecule has 3 rings (SSSR count). The van der Waals surface area contributed by atoms with Crippen LogP contribution in [0.3, 0.4) is 0 Å². The molecule has 1 aliphatic heterocycles. The lowest BCUT2D eigenvalue weighted by atomic mass is 10.1. The first-order valence-corrected chi connectivity index (χ1v) is 9.55. The minimum Gasteiger partial charge on any atom is -0.379 e. The van der Waals surface area contributed by atoms with Crippen molar-refractivity contribution in [3.05, 3.63) is 50.5 Å². The van der Waals surface area contributed by atoms with Crippen LogP contribution in [0.2, 0.25) is 5.02 Å². The van der Waals surface area contributed by atoms with E-state index in [2.05, 4.69) is 20.5 Å². The molecular formula is C19H24ClN5O3. The third-order valence-corrected chi connectivity index (χ3v) is 5.20. The summed E-state index contributed by atoms with van der Waals surface area (Å²) in [7, 11) is 0. The van der Waals surface area contributed by atoms with Crippen LogP contribution in [0, 0.1) is 24.0 Å². The van der Waals surface area contributed by atoms with E-state index in [-0.39, 0.29) is 11.5 Å². The van der Waals surface area contributed by atoms with Gasteiger partial charge in [-0.05, 0) is 43.2 Å². The maximum atomic E-state index is 11.3. The molecule has 0 bridgehead atoms. The van der Waals surface area contributed by atoms with Crippen LogP contribution in [0.15, 0.2) is 24.3 Å². The van der Waals surface area contributed by atoms with Crippen LogP contribution in [-0.4, -0.2) is 54.2 Å². The fourth-order valence-electron chi connectivity index (χ4n) is 3.12. The van der Waals surface area contributed by atoms with Gasteiger partial charge in [-0.2, -0.15) is 0 Å². The molecule has 1 aliphatic rings. The summed E-state index contributed by atoms with van der Waals surface area (Å²) in [5, 5.41) is 18.4. The number of ether oxygens (including phenoxy) is 1. The topological polar surface area (TPSA) is 92.6 Å². The van der Waals surface area contributed by atoms with E-state index in [1.165, 1.54) is 6.07 Å². The molecular weight excluding hydrogens is 382 g/mol. The second kappa shape index (κ2) is 9.18. The molecule has 9 heteroatoms. The van der Waals surface area contributed by atoms with E-state index in [0.29, 0.717) is 12.4 Å². The van der Waals surface area contributed by atoms with E-state index in [1.807, 2.05) is 26.0 Å². The molecule has 28 heavy (non-hydrogen) atoms. The number of hydrogen-bond donors (Lipinski definition) is 2. The summed E-state index contributed by atoms with van der Waals surface area (Å²) in [4.78, 5) is 17.6. The number of hydrogen-bond acceptors (Lipinski definition) is 7. The van der Waals surface area contributed by atoms with E-state index in [0.717, 1.165) is 54.7 Å². The van der Waals surface area contributed by atoms with Crippen molar-refractivity contribution in [2.75, 3.05) is 50.0 Å². The van der Waals surface area contributed by atoms with Gasteiger partial charge in [0, 0.05) is 43.0 Å². The lowest BCUT2D eigenvalue weighted by molar-refractivity contribution is -0.384. The molecule has 0 spiro atoms. The minimum atomic E-state index is -0.426. The summed E-state index contributed by atoms with van der Waals surface area (Å²) in [6, 6.07) is 6.90. The van der Waals surface area contributed by atoms with E-state index in [4.69, 9.17) is 16.3 Å². The van der Waals surface area contributed by atoms with Crippen molar-refractivity contribution in [3.8, 4) is 0 Å². The summed E-state index contributed by atoms with van der Waals surface area (Å²) in [6.45, 7) is 8.38. The van der Waals surface area contributed by atoms with Gasteiger partial charge in [0.15, 0.2) is 0 Å². The van der Waals surface area contributed by atoms with E-state index in [9.17, 15) is 10.1 Å². The maximum Gasteiger partial charge on any atom is 0.311 e. The Kier molecular flexibility index (Phi) is 6.66. The van der Waals surface area contributed by atoms with Gasteiger partial charge < -0.3 is 15.4 Å². The molecule has 1 aromatic heterocycles. The summed E-state index contributed by atoms with van der Waals surface area (Å²) < 4.78 is 5.33. The zero-order valence-electron chi connectivity index (χ0n) is 16.0. The highest BCUT2D eigenvalue weighted by Gasteiger charge is 2.17. The Morgan fingerprint density at radius 1 is 1.25 bits per heavy atom. The first-order valence-electron chi connectivity index (χ1n) is 9.17. The smallest absolute Gasteiger partial charge is 0.311 e. The van der Waals surface area contributed by atoms with Crippen LogP contribution >= 0.6 is 11.6 Å². The van der Waals surface area contributed by atoms with Crippen molar-refractivity contribution in [1.29, 1.82) is 0 Å². The molecule has 1 saturated heterocycles. The van der Waals surface area contributed by atoms with Gasteiger partial charge in [-0.1, -0.05) is 11.6 Å². The number of aromatic nitrogens is 1. The second-order valence-electron chi connectivity index (χ2n) is 6.75.